The van der Waals surface area contributed by atoms with E-state index < -0.39 is 5.41 Å². The van der Waals surface area contributed by atoms with Crippen molar-refractivity contribution in [1.29, 1.82) is 5.26 Å². The van der Waals surface area contributed by atoms with E-state index in [-0.39, 0.29) is 11.4 Å². The number of benzene rings is 1. The number of hydrogen-bond donors (Lipinski definition) is 0. The van der Waals surface area contributed by atoms with E-state index in [4.69, 9.17) is 4.74 Å². The van der Waals surface area contributed by atoms with Gasteiger partial charge in [-0.05, 0) is 25.1 Å². The molecule has 0 N–H and O–H groups in total. The zero-order valence-corrected chi connectivity index (χ0v) is 12.1. The van der Waals surface area contributed by atoms with Gasteiger partial charge >= 0.3 is 0 Å². The Morgan fingerprint density at radius 3 is 2.47 bits per heavy atom. The van der Waals surface area contributed by atoms with E-state index in [2.05, 4.69) is 0 Å². The summed E-state index contributed by atoms with van der Waals surface area (Å²) in [5, 5.41) is 9.17. The smallest absolute Gasteiger partial charge is 0.178 e. The lowest BCUT2D eigenvalue weighted by Gasteiger charge is -2.15. The number of allylic oxidation sites excluding steroid dienone is 1. The summed E-state index contributed by atoms with van der Waals surface area (Å²) < 4.78 is 5.25. The van der Waals surface area contributed by atoms with Crippen molar-refractivity contribution in [3.8, 4) is 11.8 Å². The van der Waals surface area contributed by atoms with Gasteiger partial charge in [0.1, 0.15) is 11.8 Å². The summed E-state index contributed by atoms with van der Waals surface area (Å²) in [5.74, 6) is 0.485. The molecule has 0 amide bonds. The summed E-state index contributed by atoms with van der Waals surface area (Å²) in [6, 6.07) is 7.63. The summed E-state index contributed by atoms with van der Waals surface area (Å²) in [4.78, 5) is 12.2. The number of carbonyl (C=O) groups is 1. The van der Waals surface area contributed by atoms with Crippen LogP contribution in [-0.4, -0.2) is 12.9 Å². The van der Waals surface area contributed by atoms with Crippen LogP contribution in [0.2, 0.25) is 0 Å². The molecule has 0 aliphatic rings. The van der Waals surface area contributed by atoms with Crippen LogP contribution >= 0.6 is 0 Å². The monoisotopic (exact) mass is 257 g/mol. The second kappa shape index (κ2) is 5.71. The number of hydrogen-bond acceptors (Lipinski definition) is 3. The molecule has 0 heterocycles. The van der Waals surface area contributed by atoms with Crippen molar-refractivity contribution in [2.24, 2.45) is 5.41 Å². The van der Waals surface area contributed by atoms with Crippen LogP contribution in [0.3, 0.4) is 0 Å². The lowest BCUT2D eigenvalue weighted by molar-refractivity contribution is -0.121. The third-order valence-electron chi connectivity index (χ3n) is 2.73. The van der Waals surface area contributed by atoms with E-state index in [9.17, 15) is 10.1 Å². The number of aryl methyl sites for hydroxylation is 1. The van der Waals surface area contributed by atoms with Crippen molar-refractivity contribution in [3.05, 3.63) is 34.9 Å². The van der Waals surface area contributed by atoms with Gasteiger partial charge in [-0.25, -0.2) is 0 Å². The topological polar surface area (TPSA) is 50.1 Å². The third-order valence-corrected chi connectivity index (χ3v) is 2.73. The second-order valence-corrected chi connectivity index (χ2v) is 5.49. The molecule has 0 spiro atoms. The van der Waals surface area contributed by atoms with Crippen molar-refractivity contribution in [1.82, 2.24) is 0 Å². The molecule has 3 heteroatoms. The fraction of sp³-hybridized carbons (Fsp3) is 0.375. The Morgan fingerprint density at radius 2 is 2.00 bits per heavy atom. The van der Waals surface area contributed by atoms with Gasteiger partial charge < -0.3 is 4.74 Å². The summed E-state index contributed by atoms with van der Waals surface area (Å²) in [7, 11) is 1.57. The lowest BCUT2D eigenvalue weighted by Crippen LogP contribution is -2.21. The van der Waals surface area contributed by atoms with Gasteiger partial charge in [0.2, 0.25) is 0 Å². The minimum Gasteiger partial charge on any atom is -0.496 e. The van der Waals surface area contributed by atoms with Crippen molar-refractivity contribution < 1.29 is 9.53 Å². The number of methoxy groups -OCH3 is 1. The molecule has 100 valence electrons. The van der Waals surface area contributed by atoms with Gasteiger partial charge in [-0.2, -0.15) is 5.26 Å². The first-order valence-electron chi connectivity index (χ1n) is 6.11. The Morgan fingerprint density at radius 1 is 1.37 bits per heavy atom. The highest BCUT2D eigenvalue weighted by Gasteiger charge is 2.25. The molecule has 0 aliphatic heterocycles. The summed E-state index contributed by atoms with van der Waals surface area (Å²) in [6.07, 6.45) is 1.60. The van der Waals surface area contributed by atoms with E-state index in [1.807, 2.05) is 31.2 Å². The van der Waals surface area contributed by atoms with Crippen LogP contribution in [0.15, 0.2) is 23.8 Å². The summed E-state index contributed by atoms with van der Waals surface area (Å²) in [5.41, 5.74) is 1.37. The molecule has 0 radical (unpaired) electrons. The highest BCUT2D eigenvalue weighted by atomic mass is 16.5. The molecule has 0 aromatic heterocycles. The van der Waals surface area contributed by atoms with Gasteiger partial charge in [-0.3, -0.25) is 4.79 Å². The highest BCUT2D eigenvalue weighted by molar-refractivity contribution is 6.06. The number of nitriles is 1. The second-order valence-electron chi connectivity index (χ2n) is 5.49. The highest BCUT2D eigenvalue weighted by Crippen LogP contribution is 2.25. The summed E-state index contributed by atoms with van der Waals surface area (Å²) in [6.45, 7) is 7.35. The maximum absolute atomic E-state index is 12.2. The molecule has 1 aromatic carbocycles. The fourth-order valence-electron chi connectivity index (χ4n) is 1.67. The van der Waals surface area contributed by atoms with Gasteiger partial charge in [-0.15, -0.1) is 0 Å². The van der Waals surface area contributed by atoms with E-state index in [1.165, 1.54) is 0 Å². The standard InChI is InChI=1S/C16H19NO2/c1-11-6-7-14(19-5)12(8-11)9-13(10-17)15(18)16(2,3)4/h6-9H,1-5H3/b13-9+. The number of carbonyl (C=O) groups excluding carboxylic acids is 1. The number of ketones is 1. The van der Waals surface area contributed by atoms with Gasteiger partial charge in [0.15, 0.2) is 5.78 Å². The SMILES string of the molecule is COc1ccc(C)cc1/C=C(\C#N)C(=O)C(C)(C)C. The van der Waals surface area contributed by atoms with E-state index >= 15 is 0 Å². The maximum Gasteiger partial charge on any atom is 0.178 e. The van der Waals surface area contributed by atoms with Gasteiger partial charge in [0.05, 0.1) is 12.7 Å². The van der Waals surface area contributed by atoms with Gasteiger partial charge in [-0.1, -0.05) is 32.4 Å². The first-order valence-corrected chi connectivity index (χ1v) is 6.11. The summed E-state index contributed by atoms with van der Waals surface area (Å²) >= 11 is 0. The van der Waals surface area contributed by atoms with Crippen LogP contribution < -0.4 is 4.74 Å². The molecule has 1 aromatic rings. The Labute approximate surface area is 114 Å². The Bertz CT molecular complexity index is 557. The molecule has 19 heavy (non-hydrogen) atoms. The fourth-order valence-corrected chi connectivity index (χ4v) is 1.67. The third kappa shape index (κ3) is 3.69. The average molecular weight is 257 g/mol. The van der Waals surface area contributed by atoms with Crippen LogP contribution in [0, 0.1) is 23.7 Å². The van der Waals surface area contributed by atoms with Crippen LogP contribution in [0.25, 0.3) is 6.08 Å². The maximum atomic E-state index is 12.2. The molecule has 0 aliphatic carbocycles. The number of Topliss-reactive ketones (excluding diaryl/α,β-unsaturated/α-hetero) is 1. The van der Waals surface area contributed by atoms with Crippen molar-refractivity contribution >= 4 is 11.9 Å². The molecule has 0 unspecified atom stereocenters. The molecule has 0 atom stereocenters. The van der Waals surface area contributed by atoms with Gasteiger partial charge in [0, 0.05) is 11.0 Å². The van der Waals surface area contributed by atoms with Crippen molar-refractivity contribution in [3.63, 3.8) is 0 Å². The van der Waals surface area contributed by atoms with Crippen LogP contribution in [0.4, 0.5) is 0 Å². The van der Waals surface area contributed by atoms with E-state index in [0.717, 1.165) is 11.1 Å². The molecule has 0 saturated heterocycles. The molecule has 0 saturated carbocycles. The first kappa shape index (κ1) is 15.0. The molecule has 1 rings (SSSR count). The Balaban J connectivity index is 3.30. The Hall–Kier alpha value is -2.08. The Kier molecular flexibility index (Phi) is 4.50. The first-order chi connectivity index (χ1) is 8.79. The molecule has 0 fully saturated rings. The quantitative estimate of drug-likeness (QED) is 0.615. The van der Waals surface area contributed by atoms with Crippen molar-refractivity contribution in [2.75, 3.05) is 7.11 Å². The number of ether oxygens (including phenoxy) is 1. The van der Waals surface area contributed by atoms with E-state index in [1.54, 1.807) is 34.0 Å². The lowest BCUT2D eigenvalue weighted by atomic mass is 9.86. The van der Waals surface area contributed by atoms with Crippen LogP contribution in [0.5, 0.6) is 5.75 Å². The number of nitrogens with zero attached hydrogens (tertiary/aromatic N) is 1. The minimum atomic E-state index is -0.571. The molecular formula is C16H19NO2. The number of rotatable bonds is 3. The largest absolute Gasteiger partial charge is 0.496 e. The molecule has 3 nitrogen and oxygen atoms in total. The predicted molar refractivity (Wildman–Crippen MR) is 75.8 cm³/mol. The molecule has 0 bridgehead atoms. The normalized spacial score (nSPS) is 11.9. The van der Waals surface area contributed by atoms with E-state index in [0.29, 0.717) is 5.75 Å². The average Bonchev–Trinajstić information content (AvgIpc) is 2.34. The van der Waals surface area contributed by atoms with Crippen LogP contribution in [-0.2, 0) is 4.79 Å². The predicted octanol–water partition coefficient (Wildman–Crippen LogP) is 3.53. The van der Waals surface area contributed by atoms with Gasteiger partial charge in [0.25, 0.3) is 0 Å². The zero-order chi connectivity index (χ0) is 14.6. The van der Waals surface area contributed by atoms with Crippen molar-refractivity contribution in [2.45, 2.75) is 27.7 Å². The van der Waals surface area contributed by atoms with Crippen LogP contribution in [0.1, 0.15) is 31.9 Å². The minimum absolute atomic E-state index is 0.149. The molecular weight excluding hydrogens is 238 g/mol. The zero-order valence-electron chi connectivity index (χ0n) is 12.1.